The minimum absolute atomic E-state index is 0.202. The Morgan fingerprint density at radius 1 is 1.33 bits per heavy atom. The normalized spacial score (nSPS) is 13.5. The minimum Gasteiger partial charge on any atom is -0.464 e. The Kier molecular flexibility index (Phi) is 5.32. The highest BCUT2D eigenvalue weighted by atomic mass is 16.5. The van der Waals surface area contributed by atoms with Crippen molar-refractivity contribution in [3.05, 3.63) is 35.9 Å². The highest BCUT2D eigenvalue weighted by Crippen LogP contribution is 2.10. The van der Waals surface area contributed by atoms with Gasteiger partial charge in [-0.1, -0.05) is 30.3 Å². The smallest absolute Gasteiger partial charge is 0.332 e. The summed E-state index contributed by atoms with van der Waals surface area (Å²) in [5.41, 5.74) is 6.43. The van der Waals surface area contributed by atoms with Gasteiger partial charge in [0.25, 0.3) is 0 Å². The third-order valence-electron chi connectivity index (χ3n) is 2.48. The molecular formula is C13H18N2O3. The van der Waals surface area contributed by atoms with Crippen LogP contribution in [0.2, 0.25) is 0 Å². The van der Waals surface area contributed by atoms with Gasteiger partial charge in [0, 0.05) is 0 Å². The van der Waals surface area contributed by atoms with Crippen molar-refractivity contribution in [3.63, 3.8) is 0 Å². The molecule has 1 unspecified atom stereocenters. The molecule has 0 spiro atoms. The van der Waals surface area contributed by atoms with E-state index in [-0.39, 0.29) is 12.6 Å². The molecule has 0 aliphatic carbocycles. The zero-order valence-corrected chi connectivity index (χ0v) is 10.6. The lowest BCUT2D eigenvalue weighted by Gasteiger charge is -2.17. The Morgan fingerprint density at radius 2 is 1.94 bits per heavy atom. The van der Waals surface area contributed by atoms with E-state index in [0.717, 1.165) is 5.56 Å². The van der Waals surface area contributed by atoms with Gasteiger partial charge in [-0.05, 0) is 19.4 Å². The lowest BCUT2D eigenvalue weighted by Crippen LogP contribution is -2.47. The maximum absolute atomic E-state index is 11.7. The van der Waals surface area contributed by atoms with E-state index >= 15 is 0 Å². The van der Waals surface area contributed by atoms with Crippen molar-refractivity contribution in [2.45, 2.75) is 25.9 Å². The second-order valence-corrected chi connectivity index (χ2v) is 3.87. The summed E-state index contributed by atoms with van der Waals surface area (Å²) in [5.74, 6) is -1.25. The Morgan fingerprint density at radius 3 is 2.50 bits per heavy atom. The SMILES string of the molecule is CCOC(=O)C(N)C(=O)N[C@@H](C)c1ccccc1. The maximum atomic E-state index is 11.7. The zero-order chi connectivity index (χ0) is 13.5. The molecule has 0 radical (unpaired) electrons. The monoisotopic (exact) mass is 250 g/mol. The van der Waals surface area contributed by atoms with Crippen molar-refractivity contribution in [1.29, 1.82) is 0 Å². The average Bonchev–Trinajstić information content (AvgIpc) is 2.39. The molecule has 0 aliphatic rings. The van der Waals surface area contributed by atoms with E-state index in [0.29, 0.717) is 0 Å². The highest BCUT2D eigenvalue weighted by molar-refractivity contribution is 6.01. The molecule has 18 heavy (non-hydrogen) atoms. The van der Waals surface area contributed by atoms with E-state index in [4.69, 9.17) is 5.73 Å². The van der Waals surface area contributed by atoms with Crippen LogP contribution in [0.1, 0.15) is 25.5 Å². The van der Waals surface area contributed by atoms with Crippen LogP contribution in [0.25, 0.3) is 0 Å². The quantitative estimate of drug-likeness (QED) is 0.597. The Hall–Kier alpha value is -1.88. The Balaban J connectivity index is 2.57. The molecule has 0 aromatic heterocycles. The van der Waals surface area contributed by atoms with Crippen molar-refractivity contribution in [1.82, 2.24) is 5.32 Å². The number of amides is 1. The molecule has 5 nitrogen and oxygen atoms in total. The molecule has 0 aliphatic heterocycles. The topological polar surface area (TPSA) is 81.4 Å². The van der Waals surface area contributed by atoms with Crippen LogP contribution in [0, 0.1) is 0 Å². The van der Waals surface area contributed by atoms with Crippen LogP contribution >= 0.6 is 0 Å². The van der Waals surface area contributed by atoms with Crippen LogP contribution in [0.15, 0.2) is 30.3 Å². The summed E-state index contributed by atoms with van der Waals surface area (Å²) in [6.45, 7) is 3.69. The van der Waals surface area contributed by atoms with Crippen LogP contribution in [0.3, 0.4) is 0 Å². The first-order chi connectivity index (χ1) is 8.56. The van der Waals surface area contributed by atoms with E-state index in [2.05, 4.69) is 10.1 Å². The Labute approximate surface area is 106 Å². The van der Waals surface area contributed by atoms with E-state index in [9.17, 15) is 9.59 Å². The number of hydrogen-bond acceptors (Lipinski definition) is 4. The van der Waals surface area contributed by atoms with Crippen molar-refractivity contribution in [2.75, 3.05) is 6.61 Å². The number of esters is 1. The summed E-state index contributed by atoms with van der Waals surface area (Å²) in [6.07, 6.45) is 0. The van der Waals surface area contributed by atoms with Crippen LogP contribution in [0.4, 0.5) is 0 Å². The number of hydrogen-bond donors (Lipinski definition) is 2. The average molecular weight is 250 g/mol. The fourth-order valence-electron chi connectivity index (χ4n) is 1.47. The first kappa shape index (κ1) is 14.2. The fourth-order valence-corrected chi connectivity index (χ4v) is 1.47. The predicted octanol–water partition coefficient (Wildman–Crippen LogP) is 0.754. The van der Waals surface area contributed by atoms with E-state index < -0.39 is 17.9 Å². The van der Waals surface area contributed by atoms with Gasteiger partial charge in [-0.15, -0.1) is 0 Å². The minimum atomic E-state index is -1.28. The maximum Gasteiger partial charge on any atom is 0.332 e. The molecule has 98 valence electrons. The number of nitrogens with two attached hydrogens (primary N) is 1. The number of carbonyl (C=O) groups excluding carboxylic acids is 2. The van der Waals surface area contributed by atoms with Gasteiger partial charge in [0.2, 0.25) is 5.91 Å². The first-order valence-corrected chi connectivity index (χ1v) is 5.83. The lowest BCUT2D eigenvalue weighted by atomic mass is 10.1. The van der Waals surface area contributed by atoms with Gasteiger partial charge in [-0.2, -0.15) is 0 Å². The van der Waals surface area contributed by atoms with Gasteiger partial charge in [0.1, 0.15) is 0 Å². The molecule has 0 bridgehead atoms. The van der Waals surface area contributed by atoms with Gasteiger partial charge in [-0.25, -0.2) is 4.79 Å². The first-order valence-electron chi connectivity index (χ1n) is 5.83. The van der Waals surface area contributed by atoms with E-state index in [1.807, 2.05) is 37.3 Å². The predicted molar refractivity (Wildman–Crippen MR) is 67.6 cm³/mol. The highest BCUT2D eigenvalue weighted by Gasteiger charge is 2.24. The summed E-state index contributed by atoms with van der Waals surface area (Å²) in [5, 5.41) is 2.67. The van der Waals surface area contributed by atoms with Gasteiger partial charge in [0.05, 0.1) is 12.6 Å². The largest absolute Gasteiger partial charge is 0.464 e. The molecule has 0 saturated carbocycles. The standard InChI is InChI=1S/C13H18N2O3/c1-3-18-13(17)11(14)12(16)15-9(2)10-7-5-4-6-8-10/h4-9,11H,3,14H2,1-2H3,(H,15,16)/t9-,11?/m0/s1. The van der Waals surface area contributed by atoms with Crippen LogP contribution in [-0.2, 0) is 14.3 Å². The van der Waals surface area contributed by atoms with Crippen LogP contribution < -0.4 is 11.1 Å². The molecule has 2 atom stereocenters. The second kappa shape index (κ2) is 6.76. The van der Waals surface area contributed by atoms with E-state index in [1.54, 1.807) is 6.92 Å². The van der Waals surface area contributed by atoms with Crippen molar-refractivity contribution in [3.8, 4) is 0 Å². The number of nitrogens with one attached hydrogen (secondary N) is 1. The molecule has 1 rings (SSSR count). The lowest BCUT2D eigenvalue weighted by molar-refractivity contribution is -0.148. The van der Waals surface area contributed by atoms with Gasteiger partial charge >= 0.3 is 5.97 Å². The van der Waals surface area contributed by atoms with E-state index in [1.165, 1.54) is 0 Å². The number of carbonyl (C=O) groups is 2. The summed E-state index contributed by atoms with van der Waals surface area (Å²) in [7, 11) is 0. The Bertz CT molecular complexity index is 406. The van der Waals surface area contributed by atoms with Crippen molar-refractivity contribution >= 4 is 11.9 Å². The molecule has 3 N–H and O–H groups in total. The molecule has 1 aromatic carbocycles. The summed E-state index contributed by atoms with van der Waals surface area (Å²) < 4.78 is 4.69. The fraction of sp³-hybridized carbons (Fsp3) is 0.385. The number of rotatable bonds is 5. The molecule has 1 amide bonds. The van der Waals surface area contributed by atoms with Gasteiger partial charge < -0.3 is 15.8 Å². The van der Waals surface area contributed by atoms with Crippen molar-refractivity contribution in [2.24, 2.45) is 5.73 Å². The molecule has 0 fully saturated rings. The zero-order valence-electron chi connectivity index (χ0n) is 10.6. The van der Waals surface area contributed by atoms with Crippen molar-refractivity contribution < 1.29 is 14.3 Å². The van der Waals surface area contributed by atoms with Crippen LogP contribution in [-0.4, -0.2) is 24.5 Å². The molecule has 1 aromatic rings. The third-order valence-corrected chi connectivity index (χ3v) is 2.48. The number of ether oxygens (including phenoxy) is 1. The molecule has 0 heterocycles. The summed E-state index contributed by atoms with van der Waals surface area (Å²) >= 11 is 0. The van der Waals surface area contributed by atoms with Gasteiger partial charge in [-0.3, -0.25) is 4.79 Å². The summed E-state index contributed by atoms with van der Waals surface area (Å²) in [4.78, 5) is 23.0. The molecule has 0 saturated heterocycles. The molecular weight excluding hydrogens is 232 g/mol. The summed E-state index contributed by atoms with van der Waals surface area (Å²) in [6, 6.07) is 7.94. The van der Waals surface area contributed by atoms with Crippen LogP contribution in [0.5, 0.6) is 0 Å². The second-order valence-electron chi connectivity index (χ2n) is 3.87. The molecule has 5 heteroatoms. The number of benzene rings is 1. The third kappa shape index (κ3) is 3.85. The van der Waals surface area contributed by atoms with Gasteiger partial charge in [0.15, 0.2) is 6.04 Å².